The summed E-state index contributed by atoms with van der Waals surface area (Å²) in [6.45, 7) is 6.90. The zero-order valence-electron chi connectivity index (χ0n) is 19.8. The third-order valence-electron chi connectivity index (χ3n) is 5.69. The van der Waals surface area contributed by atoms with Crippen molar-refractivity contribution in [3.8, 4) is 11.5 Å². The van der Waals surface area contributed by atoms with Crippen LogP contribution in [0.2, 0.25) is 0 Å². The Morgan fingerprint density at radius 2 is 1.73 bits per heavy atom. The maximum atomic E-state index is 9.66. The van der Waals surface area contributed by atoms with E-state index in [2.05, 4.69) is 46.7 Å². The minimum Gasteiger partial charge on any atom is -0.497 e. The standard InChI is InChI=1S/C25H36N4O3.HI/c1-4-26-25(28-17-21-9-10-23(31-2)15-24(21)32-3)27-16-19-5-7-20(8-6-19)18-29-13-11-22(30)12-14-29;/h5-10,15,22,30H,4,11-14,16-18H2,1-3H3,(H2,26,27,28);1H. The maximum Gasteiger partial charge on any atom is 0.191 e. The van der Waals surface area contributed by atoms with Crippen molar-refractivity contribution in [3.63, 3.8) is 0 Å². The average Bonchev–Trinajstić information content (AvgIpc) is 2.83. The van der Waals surface area contributed by atoms with Crippen LogP contribution in [0.25, 0.3) is 0 Å². The van der Waals surface area contributed by atoms with Crippen molar-refractivity contribution in [2.24, 2.45) is 4.99 Å². The quantitative estimate of drug-likeness (QED) is 0.244. The number of nitrogens with one attached hydrogen (secondary N) is 2. The van der Waals surface area contributed by atoms with E-state index in [0.29, 0.717) is 13.1 Å². The predicted molar refractivity (Wildman–Crippen MR) is 144 cm³/mol. The zero-order chi connectivity index (χ0) is 22.8. The molecule has 7 nitrogen and oxygen atoms in total. The van der Waals surface area contributed by atoms with Gasteiger partial charge in [-0.05, 0) is 43.0 Å². The molecule has 2 aromatic rings. The predicted octanol–water partition coefficient (Wildman–Crippen LogP) is 3.53. The van der Waals surface area contributed by atoms with Gasteiger partial charge in [0.05, 0.1) is 26.9 Å². The summed E-state index contributed by atoms with van der Waals surface area (Å²) in [4.78, 5) is 7.14. The Morgan fingerprint density at radius 1 is 1.03 bits per heavy atom. The van der Waals surface area contributed by atoms with Crippen LogP contribution in [-0.4, -0.2) is 55.9 Å². The monoisotopic (exact) mass is 568 g/mol. The third-order valence-corrected chi connectivity index (χ3v) is 5.69. The smallest absolute Gasteiger partial charge is 0.191 e. The average molecular weight is 569 g/mol. The van der Waals surface area contributed by atoms with Crippen LogP contribution in [0, 0.1) is 0 Å². The molecule has 0 unspecified atom stereocenters. The van der Waals surface area contributed by atoms with E-state index < -0.39 is 0 Å². The van der Waals surface area contributed by atoms with Crippen LogP contribution in [0.3, 0.4) is 0 Å². The summed E-state index contributed by atoms with van der Waals surface area (Å²) >= 11 is 0. The second-order valence-corrected chi connectivity index (χ2v) is 8.05. The number of aliphatic hydroxyl groups is 1. The molecular weight excluding hydrogens is 531 g/mol. The number of hydrogen-bond acceptors (Lipinski definition) is 5. The highest BCUT2D eigenvalue weighted by Crippen LogP contribution is 2.24. The van der Waals surface area contributed by atoms with Crippen molar-refractivity contribution < 1.29 is 14.6 Å². The molecule has 0 amide bonds. The Kier molecular flexibility index (Phi) is 11.8. The number of hydrogen-bond donors (Lipinski definition) is 3. The zero-order valence-corrected chi connectivity index (χ0v) is 22.2. The summed E-state index contributed by atoms with van der Waals surface area (Å²) in [6.07, 6.45) is 1.61. The molecule has 0 atom stereocenters. The number of nitrogens with zero attached hydrogens (tertiary/aromatic N) is 2. The van der Waals surface area contributed by atoms with Gasteiger partial charge in [0.1, 0.15) is 11.5 Å². The normalized spacial score (nSPS) is 15.0. The van der Waals surface area contributed by atoms with Crippen molar-refractivity contribution in [2.75, 3.05) is 33.9 Å². The largest absolute Gasteiger partial charge is 0.497 e. The number of piperidine rings is 1. The van der Waals surface area contributed by atoms with Crippen molar-refractivity contribution in [1.82, 2.24) is 15.5 Å². The summed E-state index contributed by atoms with van der Waals surface area (Å²) in [5.41, 5.74) is 3.50. The SMILES string of the molecule is CCNC(=NCc1ccc(CN2CCC(O)CC2)cc1)NCc1ccc(OC)cc1OC.I. The Labute approximate surface area is 214 Å². The number of halogens is 1. The van der Waals surface area contributed by atoms with E-state index in [1.165, 1.54) is 11.1 Å². The first-order valence-corrected chi connectivity index (χ1v) is 11.3. The van der Waals surface area contributed by atoms with E-state index in [1.807, 2.05) is 18.2 Å². The fourth-order valence-corrected chi connectivity index (χ4v) is 3.77. The van der Waals surface area contributed by atoms with Gasteiger partial charge in [0, 0.05) is 44.4 Å². The van der Waals surface area contributed by atoms with E-state index in [1.54, 1.807) is 14.2 Å². The number of aliphatic imine (C=N–C) groups is 1. The van der Waals surface area contributed by atoms with Crippen LogP contribution in [0.5, 0.6) is 11.5 Å². The molecule has 182 valence electrons. The molecule has 0 spiro atoms. The lowest BCUT2D eigenvalue weighted by Crippen LogP contribution is -2.36. The Hall–Kier alpha value is -2.04. The molecule has 33 heavy (non-hydrogen) atoms. The van der Waals surface area contributed by atoms with Gasteiger partial charge in [-0.15, -0.1) is 24.0 Å². The lowest BCUT2D eigenvalue weighted by molar-refractivity contribution is 0.0792. The topological polar surface area (TPSA) is 78.4 Å². The highest BCUT2D eigenvalue weighted by atomic mass is 127. The molecule has 1 fully saturated rings. The highest BCUT2D eigenvalue weighted by Gasteiger charge is 2.16. The Bertz CT molecular complexity index is 868. The van der Waals surface area contributed by atoms with Crippen LogP contribution in [0.1, 0.15) is 36.5 Å². The second kappa shape index (κ2) is 14.3. The highest BCUT2D eigenvalue weighted by molar-refractivity contribution is 14.0. The van der Waals surface area contributed by atoms with Crippen LogP contribution in [0.15, 0.2) is 47.5 Å². The Morgan fingerprint density at radius 3 is 2.36 bits per heavy atom. The molecule has 1 saturated heterocycles. The molecule has 2 aromatic carbocycles. The fraction of sp³-hybridized carbons (Fsp3) is 0.480. The number of aliphatic hydroxyl groups excluding tert-OH is 1. The molecule has 3 N–H and O–H groups in total. The summed E-state index contributed by atoms with van der Waals surface area (Å²) < 4.78 is 10.8. The van der Waals surface area contributed by atoms with Gasteiger partial charge in [0.2, 0.25) is 0 Å². The molecule has 8 heteroatoms. The van der Waals surface area contributed by atoms with Crippen LogP contribution in [0.4, 0.5) is 0 Å². The van der Waals surface area contributed by atoms with Crippen molar-refractivity contribution in [2.45, 2.75) is 45.5 Å². The van der Waals surface area contributed by atoms with Gasteiger partial charge in [-0.1, -0.05) is 24.3 Å². The van der Waals surface area contributed by atoms with E-state index in [0.717, 1.165) is 62.0 Å². The van der Waals surface area contributed by atoms with Gasteiger partial charge in [0.25, 0.3) is 0 Å². The molecule has 1 aliphatic heterocycles. The van der Waals surface area contributed by atoms with E-state index >= 15 is 0 Å². The molecule has 3 rings (SSSR count). The Balaban J connectivity index is 0.00000385. The molecule has 0 aromatic heterocycles. The fourth-order valence-electron chi connectivity index (χ4n) is 3.77. The first-order chi connectivity index (χ1) is 15.6. The van der Waals surface area contributed by atoms with Gasteiger partial charge in [0.15, 0.2) is 5.96 Å². The minimum atomic E-state index is -0.128. The minimum absolute atomic E-state index is 0. The number of ether oxygens (including phenoxy) is 2. The molecule has 0 aliphatic carbocycles. The van der Waals surface area contributed by atoms with Crippen molar-refractivity contribution in [1.29, 1.82) is 0 Å². The van der Waals surface area contributed by atoms with Gasteiger partial charge in [-0.3, -0.25) is 4.90 Å². The van der Waals surface area contributed by atoms with Gasteiger partial charge >= 0.3 is 0 Å². The maximum absolute atomic E-state index is 9.66. The van der Waals surface area contributed by atoms with Gasteiger partial charge in [-0.2, -0.15) is 0 Å². The summed E-state index contributed by atoms with van der Waals surface area (Å²) in [5.74, 6) is 2.32. The number of guanidine groups is 1. The number of benzene rings is 2. The third kappa shape index (κ3) is 8.68. The lowest BCUT2D eigenvalue weighted by Gasteiger charge is -2.29. The molecule has 0 saturated carbocycles. The lowest BCUT2D eigenvalue weighted by atomic mass is 10.1. The molecule has 0 radical (unpaired) electrons. The van der Waals surface area contributed by atoms with Gasteiger partial charge in [-0.25, -0.2) is 4.99 Å². The summed E-state index contributed by atoms with van der Waals surface area (Å²) in [5, 5.41) is 16.3. The first-order valence-electron chi connectivity index (χ1n) is 11.3. The number of rotatable bonds is 9. The van der Waals surface area contributed by atoms with Crippen LogP contribution in [-0.2, 0) is 19.6 Å². The number of methoxy groups -OCH3 is 2. The molecule has 1 aliphatic rings. The van der Waals surface area contributed by atoms with Gasteiger partial charge < -0.3 is 25.2 Å². The molecule has 1 heterocycles. The number of likely N-dealkylation sites (tertiary alicyclic amines) is 1. The summed E-state index contributed by atoms with van der Waals surface area (Å²) in [6, 6.07) is 14.5. The second-order valence-electron chi connectivity index (χ2n) is 8.05. The van der Waals surface area contributed by atoms with E-state index in [9.17, 15) is 5.11 Å². The molecular formula is C25H37IN4O3. The molecule has 0 bridgehead atoms. The first kappa shape index (κ1) is 27.2. The summed E-state index contributed by atoms with van der Waals surface area (Å²) in [7, 11) is 3.31. The van der Waals surface area contributed by atoms with Crippen molar-refractivity contribution >= 4 is 29.9 Å². The van der Waals surface area contributed by atoms with Crippen LogP contribution < -0.4 is 20.1 Å². The van der Waals surface area contributed by atoms with E-state index in [-0.39, 0.29) is 30.1 Å². The van der Waals surface area contributed by atoms with Crippen LogP contribution >= 0.6 is 24.0 Å². The van der Waals surface area contributed by atoms with E-state index in [4.69, 9.17) is 14.5 Å². The van der Waals surface area contributed by atoms with Crippen molar-refractivity contribution in [3.05, 3.63) is 59.2 Å².